The molecule has 0 fully saturated rings. The lowest BCUT2D eigenvalue weighted by Crippen LogP contribution is -2.30. The fourth-order valence-corrected chi connectivity index (χ4v) is 0.945. The molecule has 1 aromatic rings. The van der Waals surface area contributed by atoms with E-state index in [4.69, 9.17) is 10.2 Å². The first-order chi connectivity index (χ1) is 5.55. The van der Waals surface area contributed by atoms with Crippen LogP contribution < -0.4 is 5.73 Å². The van der Waals surface area contributed by atoms with E-state index in [0.29, 0.717) is 11.3 Å². The first-order valence-corrected chi connectivity index (χ1v) is 3.66. The third-order valence-electron chi connectivity index (χ3n) is 1.71. The lowest BCUT2D eigenvalue weighted by Gasteiger charge is -2.12. The number of alkyl halides is 2. The van der Waals surface area contributed by atoms with Gasteiger partial charge in [0.25, 0.3) is 5.92 Å². The maximum Gasteiger partial charge on any atom is 0.264 e. The van der Waals surface area contributed by atoms with E-state index in [1.54, 1.807) is 13.0 Å². The van der Waals surface area contributed by atoms with Gasteiger partial charge in [-0.3, -0.25) is 0 Å². The van der Waals surface area contributed by atoms with Gasteiger partial charge in [0.05, 0.1) is 12.8 Å². The Morgan fingerprint density at radius 2 is 2.25 bits per heavy atom. The van der Waals surface area contributed by atoms with Crippen molar-refractivity contribution in [2.24, 2.45) is 5.73 Å². The fourth-order valence-electron chi connectivity index (χ4n) is 0.945. The van der Waals surface area contributed by atoms with E-state index in [9.17, 15) is 8.78 Å². The molecule has 0 aliphatic carbocycles. The van der Waals surface area contributed by atoms with E-state index in [1.807, 2.05) is 0 Å². The third-order valence-corrected chi connectivity index (χ3v) is 1.71. The van der Waals surface area contributed by atoms with Crippen LogP contribution in [0, 0.1) is 6.92 Å². The highest BCUT2D eigenvalue weighted by Crippen LogP contribution is 2.21. The number of hydrogen-bond acceptors (Lipinski definition) is 2. The predicted octanol–water partition coefficient (Wildman–Crippen LogP) is 1.72. The second-order valence-electron chi connectivity index (χ2n) is 2.74. The molecule has 0 saturated carbocycles. The van der Waals surface area contributed by atoms with Gasteiger partial charge in [0.2, 0.25) is 0 Å². The Balaban J connectivity index is 2.70. The molecule has 0 bridgehead atoms. The molecule has 0 aliphatic heterocycles. The fraction of sp³-hybridized carbons (Fsp3) is 0.500. The molecule has 1 aromatic heterocycles. The molecule has 0 aromatic carbocycles. The third kappa shape index (κ3) is 2.04. The summed E-state index contributed by atoms with van der Waals surface area (Å²) in [5.74, 6) is -2.29. The van der Waals surface area contributed by atoms with E-state index in [0.717, 1.165) is 0 Å². The molecule has 0 saturated heterocycles. The molecule has 0 unspecified atom stereocenters. The Morgan fingerprint density at radius 3 is 2.67 bits per heavy atom. The number of nitrogens with two attached hydrogens (primary N) is 1. The molecule has 1 heterocycles. The summed E-state index contributed by atoms with van der Waals surface area (Å²) in [6, 6.07) is 1.54. The zero-order chi connectivity index (χ0) is 9.19. The molecule has 2 nitrogen and oxygen atoms in total. The number of rotatable bonds is 3. The second kappa shape index (κ2) is 3.23. The lowest BCUT2D eigenvalue weighted by molar-refractivity contribution is 0.0111. The SMILES string of the molecule is Cc1occc1CC(F)(F)CN. The summed E-state index contributed by atoms with van der Waals surface area (Å²) in [6.07, 6.45) is 1.06. The van der Waals surface area contributed by atoms with Gasteiger partial charge in [-0.2, -0.15) is 0 Å². The Morgan fingerprint density at radius 1 is 1.58 bits per heavy atom. The van der Waals surface area contributed by atoms with Crippen LogP contribution in [0.4, 0.5) is 8.78 Å². The van der Waals surface area contributed by atoms with Crippen molar-refractivity contribution in [3.05, 3.63) is 23.7 Å². The van der Waals surface area contributed by atoms with Crippen LogP contribution in [0.2, 0.25) is 0 Å². The minimum Gasteiger partial charge on any atom is -0.469 e. The Kier molecular flexibility index (Phi) is 2.47. The highest BCUT2D eigenvalue weighted by Gasteiger charge is 2.28. The summed E-state index contributed by atoms with van der Waals surface area (Å²) in [5.41, 5.74) is 5.41. The van der Waals surface area contributed by atoms with Crippen LogP contribution in [0.5, 0.6) is 0 Å². The first-order valence-electron chi connectivity index (χ1n) is 3.66. The normalized spacial score (nSPS) is 12.0. The summed E-state index contributed by atoms with van der Waals surface area (Å²) < 4.78 is 30.3. The number of hydrogen-bond donors (Lipinski definition) is 1. The molecule has 0 spiro atoms. The maximum atomic E-state index is 12.7. The van der Waals surface area contributed by atoms with Crippen LogP contribution in [-0.4, -0.2) is 12.5 Å². The average Bonchev–Trinajstić information content (AvgIpc) is 2.36. The zero-order valence-corrected chi connectivity index (χ0v) is 6.81. The minimum atomic E-state index is -2.82. The molecule has 0 aliphatic rings. The van der Waals surface area contributed by atoms with E-state index in [-0.39, 0.29) is 6.42 Å². The molecule has 1 rings (SSSR count). The van der Waals surface area contributed by atoms with Crippen molar-refractivity contribution in [1.29, 1.82) is 0 Å². The topological polar surface area (TPSA) is 39.2 Å². The van der Waals surface area contributed by atoms with Gasteiger partial charge in [-0.1, -0.05) is 0 Å². The van der Waals surface area contributed by atoms with Crippen molar-refractivity contribution in [1.82, 2.24) is 0 Å². The van der Waals surface area contributed by atoms with Gasteiger partial charge in [0.15, 0.2) is 0 Å². The van der Waals surface area contributed by atoms with Crippen molar-refractivity contribution in [2.45, 2.75) is 19.3 Å². The van der Waals surface area contributed by atoms with E-state index in [1.165, 1.54) is 6.26 Å². The van der Waals surface area contributed by atoms with Crippen molar-refractivity contribution < 1.29 is 13.2 Å². The van der Waals surface area contributed by atoms with Crippen LogP contribution in [0.3, 0.4) is 0 Å². The quantitative estimate of drug-likeness (QED) is 0.759. The number of halogens is 2. The number of furan rings is 1. The summed E-state index contributed by atoms with van der Waals surface area (Å²) in [5, 5.41) is 0. The van der Waals surface area contributed by atoms with E-state index in [2.05, 4.69) is 0 Å². The molecular weight excluding hydrogens is 164 g/mol. The van der Waals surface area contributed by atoms with Gasteiger partial charge >= 0.3 is 0 Å². The summed E-state index contributed by atoms with van der Waals surface area (Å²) in [7, 11) is 0. The van der Waals surface area contributed by atoms with Crippen LogP contribution in [0.15, 0.2) is 16.7 Å². The van der Waals surface area contributed by atoms with Crippen molar-refractivity contribution in [3.8, 4) is 0 Å². The van der Waals surface area contributed by atoms with Gasteiger partial charge < -0.3 is 10.2 Å². The smallest absolute Gasteiger partial charge is 0.264 e. The highest BCUT2D eigenvalue weighted by atomic mass is 19.3. The summed E-state index contributed by atoms with van der Waals surface area (Å²) in [4.78, 5) is 0. The molecule has 0 atom stereocenters. The molecule has 12 heavy (non-hydrogen) atoms. The molecule has 0 amide bonds. The van der Waals surface area contributed by atoms with E-state index < -0.39 is 12.5 Å². The molecular formula is C8H11F2NO. The Hall–Kier alpha value is -0.900. The Bertz CT molecular complexity index is 257. The van der Waals surface area contributed by atoms with Gasteiger partial charge in [-0.25, -0.2) is 8.78 Å². The van der Waals surface area contributed by atoms with Crippen LogP contribution >= 0.6 is 0 Å². The number of aryl methyl sites for hydroxylation is 1. The largest absolute Gasteiger partial charge is 0.469 e. The van der Waals surface area contributed by atoms with Crippen LogP contribution in [0.1, 0.15) is 11.3 Å². The van der Waals surface area contributed by atoms with Crippen LogP contribution in [-0.2, 0) is 6.42 Å². The highest BCUT2D eigenvalue weighted by molar-refractivity contribution is 5.17. The predicted molar refractivity (Wildman–Crippen MR) is 41.2 cm³/mol. The summed E-state index contributed by atoms with van der Waals surface area (Å²) >= 11 is 0. The average molecular weight is 175 g/mol. The molecule has 68 valence electrons. The standard InChI is InChI=1S/C8H11F2NO/c1-6-7(2-3-12-6)4-8(9,10)5-11/h2-3H,4-5,11H2,1H3. The van der Waals surface area contributed by atoms with E-state index >= 15 is 0 Å². The molecule has 2 N–H and O–H groups in total. The summed E-state index contributed by atoms with van der Waals surface area (Å²) in [6.45, 7) is 1.03. The van der Waals surface area contributed by atoms with Gasteiger partial charge in [0, 0.05) is 6.42 Å². The zero-order valence-electron chi connectivity index (χ0n) is 6.81. The Labute approximate surface area is 69.4 Å². The first kappa shape index (κ1) is 9.19. The van der Waals surface area contributed by atoms with Gasteiger partial charge in [-0.15, -0.1) is 0 Å². The van der Waals surface area contributed by atoms with Crippen molar-refractivity contribution in [2.75, 3.05) is 6.54 Å². The maximum absolute atomic E-state index is 12.7. The lowest BCUT2D eigenvalue weighted by atomic mass is 10.1. The van der Waals surface area contributed by atoms with Crippen LogP contribution in [0.25, 0.3) is 0 Å². The second-order valence-corrected chi connectivity index (χ2v) is 2.74. The monoisotopic (exact) mass is 175 g/mol. The van der Waals surface area contributed by atoms with Crippen molar-refractivity contribution >= 4 is 0 Å². The van der Waals surface area contributed by atoms with Gasteiger partial charge in [-0.05, 0) is 18.6 Å². The van der Waals surface area contributed by atoms with Gasteiger partial charge in [0.1, 0.15) is 5.76 Å². The minimum absolute atomic E-state index is 0.341. The molecule has 0 radical (unpaired) electrons. The van der Waals surface area contributed by atoms with Crippen molar-refractivity contribution in [3.63, 3.8) is 0 Å². The molecule has 4 heteroatoms.